The van der Waals surface area contributed by atoms with Gasteiger partial charge in [0.15, 0.2) is 17.2 Å². The summed E-state index contributed by atoms with van der Waals surface area (Å²) >= 11 is 0. The summed E-state index contributed by atoms with van der Waals surface area (Å²) in [6.07, 6.45) is -6.25. The number of hydrogen-bond donors (Lipinski definition) is 2. The van der Waals surface area contributed by atoms with Gasteiger partial charge in [0.05, 0.1) is 16.5 Å². The number of ether oxygens (including phenoxy) is 2. The van der Waals surface area contributed by atoms with E-state index in [9.17, 15) is 36.7 Å². The van der Waals surface area contributed by atoms with Crippen LogP contribution in [0.2, 0.25) is 0 Å². The molecule has 3 rings (SSSR count). The van der Waals surface area contributed by atoms with Crippen molar-refractivity contribution in [3.05, 3.63) is 58.7 Å². The second-order valence-corrected chi connectivity index (χ2v) is 7.77. The predicted octanol–water partition coefficient (Wildman–Crippen LogP) is 2.68. The van der Waals surface area contributed by atoms with Gasteiger partial charge in [0.2, 0.25) is 5.82 Å². The number of alkyl halides is 3. The lowest BCUT2D eigenvalue weighted by molar-refractivity contribution is -0.272. The highest BCUT2D eigenvalue weighted by atomic mass is 19.4. The Balaban J connectivity index is 2.22. The molecule has 2 aromatic rings. The van der Waals surface area contributed by atoms with Crippen molar-refractivity contribution in [2.24, 2.45) is 16.6 Å². The van der Waals surface area contributed by atoms with Crippen molar-refractivity contribution in [2.75, 3.05) is 7.04 Å². The Hall–Kier alpha value is -3.48. The molecule has 1 fully saturated rings. The van der Waals surface area contributed by atoms with Crippen LogP contribution in [0.1, 0.15) is 39.9 Å². The minimum Gasteiger partial charge on any atom is -0.493 e. The molecule has 1 aliphatic heterocycles. The molecule has 0 saturated carbocycles. The average Bonchev–Trinajstić information content (AvgIpc) is 3.04. The summed E-state index contributed by atoms with van der Waals surface area (Å²) in [6.45, 7) is 1.68. The SMILES string of the molecule is [2H]C([2H])([2H])Oc1c([C@H]2[C@@H](C)C(C)(C(F)(F)F)O[C@H]2C(=O)N=c2ccn(O)c(C(N)=O)c2)ccc(F)c1F. The molecule has 0 radical (unpaired) electrons. The zero-order valence-electron chi connectivity index (χ0n) is 20.6. The van der Waals surface area contributed by atoms with Gasteiger partial charge in [-0.25, -0.2) is 9.38 Å². The van der Waals surface area contributed by atoms with Crippen molar-refractivity contribution in [2.45, 2.75) is 37.6 Å². The van der Waals surface area contributed by atoms with Crippen molar-refractivity contribution >= 4 is 11.8 Å². The number of hydrogen-bond acceptors (Lipinski definition) is 5. The topological polar surface area (TPSA) is 116 Å². The van der Waals surface area contributed by atoms with E-state index in [1.54, 1.807) is 0 Å². The van der Waals surface area contributed by atoms with Gasteiger partial charge in [0.1, 0.15) is 11.8 Å². The van der Waals surface area contributed by atoms with Gasteiger partial charge >= 0.3 is 6.18 Å². The molecule has 184 valence electrons. The number of rotatable bonds is 4. The number of nitrogens with zero attached hydrogens (tertiary/aromatic N) is 2. The second kappa shape index (κ2) is 8.70. The zero-order valence-corrected chi connectivity index (χ0v) is 17.6. The van der Waals surface area contributed by atoms with E-state index in [1.807, 2.05) is 0 Å². The molecule has 8 nitrogen and oxygen atoms in total. The summed E-state index contributed by atoms with van der Waals surface area (Å²) in [5.74, 6) is -10.3. The Labute approximate surface area is 193 Å². The lowest BCUT2D eigenvalue weighted by Crippen LogP contribution is -2.47. The summed E-state index contributed by atoms with van der Waals surface area (Å²) in [7, 11) is -3.32. The quantitative estimate of drug-likeness (QED) is 0.503. The van der Waals surface area contributed by atoms with Gasteiger partial charge in [-0.2, -0.15) is 22.3 Å². The average molecular weight is 492 g/mol. The molecule has 1 aliphatic rings. The van der Waals surface area contributed by atoms with Crippen LogP contribution in [-0.4, -0.2) is 46.7 Å². The number of pyridine rings is 1. The van der Waals surface area contributed by atoms with Gasteiger partial charge in [-0.1, -0.05) is 13.0 Å². The van der Waals surface area contributed by atoms with Crippen LogP contribution in [0.15, 0.2) is 35.5 Å². The minimum absolute atomic E-state index is 0.302. The summed E-state index contributed by atoms with van der Waals surface area (Å²) in [5, 5.41) is 9.32. The van der Waals surface area contributed by atoms with Gasteiger partial charge in [0, 0.05) is 23.6 Å². The standard InChI is InChI=1S/C21H20F5N3O5/c1-9-14(11-4-5-12(22)15(23)16(11)33-3)17(34-20(9,2)21(24,25)26)19(31)28-10-6-7-29(32)13(8-10)18(27)30/h4-9,14,17,32H,1-3H3,(H2,27,30)/t9-,14-,17-,20?/m1/s1/i3D3. The Bertz CT molecular complexity index is 1310. The summed E-state index contributed by atoms with van der Waals surface area (Å²) in [5.41, 5.74) is 1.03. The van der Waals surface area contributed by atoms with Crippen LogP contribution >= 0.6 is 0 Å². The maximum Gasteiger partial charge on any atom is 0.417 e. The highest BCUT2D eigenvalue weighted by molar-refractivity contribution is 5.91. The molecule has 0 bridgehead atoms. The first-order valence-electron chi connectivity index (χ1n) is 11.1. The number of primary amides is 1. The van der Waals surface area contributed by atoms with Crippen LogP contribution in [0.3, 0.4) is 0 Å². The largest absolute Gasteiger partial charge is 0.493 e. The van der Waals surface area contributed by atoms with Gasteiger partial charge in [0.25, 0.3) is 11.8 Å². The minimum atomic E-state index is -5.06. The Kier molecular flexibility index (Phi) is 5.40. The smallest absolute Gasteiger partial charge is 0.417 e. The number of benzene rings is 1. The number of nitrogens with two attached hydrogens (primary N) is 1. The molecule has 13 heteroatoms. The van der Waals surface area contributed by atoms with Gasteiger partial charge in [-0.05, 0) is 25.1 Å². The highest BCUT2D eigenvalue weighted by Gasteiger charge is 2.65. The second-order valence-electron chi connectivity index (χ2n) is 7.77. The molecule has 1 saturated heterocycles. The molecule has 34 heavy (non-hydrogen) atoms. The monoisotopic (exact) mass is 492 g/mol. The van der Waals surface area contributed by atoms with Crippen molar-refractivity contribution in [3.8, 4) is 5.75 Å². The summed E-state index contributed by atoms with van der Waals surface area (Å²) in [4.78, 5) is 28.2. The fourth-order valence-corrected chi connectivity index (χ4v) is 3.85. The maximum absolute atomic E-state index is 14.6. The predicted molar refractivity (Wildman–Crippen MR) is 105 cm³/mol. The first kappa shape index (κ1) is 21.1. The number of aromatic nitrogens is 1. The molecular formula is C21H20F5N3O5. The van der Waals surface area contributed by atoms with E-state index in [1.165, 1.54) is 0 Å². The first-order valence-corrected chi connectivity index (χ1v) is 9.59. The van der Waals surface area contributed by atoms with Crippen LogP contribution in [0, 0.1) is 17.6 Å². The summed E-state index contributed by atoms with van der Waals surface area (Å²) in [6, 6.07) is 3.25. The van der Waals surface area contributed by atoms with E-state index in [0.717, 1.165) is 31.3 Å². The van der Waals surface area contributed by atoms with Crippen molar-refractivity contribution in [1.82, 2.24) is 4.73 Å². The lowest BCUT2D eigenvalue weighted by atomic mass is 9.77. The molecule has 0 aliphatic carbocycles. The van der Waals surface area contributed by atoms with E-state index in [0.29, 0.717) is 17.7 Å². The number of halogens is 5. The van der Waals surface area contributed by atoms with E-state index < -0.39 is 77.2 Å². The van der Waals surface area contributed by atoms with Crippen LogP contribution in [0.5, 0.6) is 5.75 Å². The van der Waals surface area contributed by atoms with Crippen LogP contribution < -0.4 is 15.8 Å². The zero-order chi connectivity index (χ0) is 28.1. The number of carbonyl (C=O) groups is 2. The molecular weight excluding hydrogens is 469 g/mol. The fraction of sp³-hybridized carbons (Fsp3) is 0.381. The molecule has 1 unspecified atom stereocenters. The van der Waals surface area contributed by atoms with Gasteiger partial charge in [-0.3, -0.25) is 9.59 Å². The Morgan fingerprint density at radius 1 is 1.32 bits per heavy atom. The van der Waals surface area contributed by atoms with E-state index in [4.69, 9.17) is 14.6 Å². The third-order valence-corrected chi connectivity index (χ3v) is 5.86. The van der Waals surface area contributed by atoms with E-state index in [-0.39, 0.29) is 5.36 Å². The number of amides is 2. The number of carbonyl (C=O) groups excluding carboxylic acids is 2. The molecule has 0 spiro atoms. The molecule has 1 aromatic heterocycles. The Morgan fingerprint density at radius 2 is 2.00 bits per heavy atom. The summed E-state index contributed by atoms with van der Waals surface area (Å²) < 4.78 is 103. The van der Waals surface area contributed by atoms with E-state index >= 15 is 0 Å². The van der Waals surface area contributed by atoms with Crippen molar-refractivity contribution in [3.63, 3.8) is 0 Å². The van der Waals surface area contributed by atoms with Crippen LogP contribution in [-0.2, 0) is 9.53 Å². The first-order chi connectivity index (χ1) is 16.9. The normalized spacial score (nSPS) is 27.1. The molecule has 2 heterocycles. The fourth-order valence-electron chi connectivity index (χ4n) is 3.85. The maximum atomic E-state index is 14.6. The van der Waals surface area contributed by atoms with Crippen LogP contribution in [0.4, 0.5) is 22.0 Å². The van der Waals surface area contributed by atoms with Gasteiger partial charge < -0.3 is 20.4 Å². The van der Waals surface area contributed by atoms with E-state index in [2.05, 4.69) is 9.73 Å². The van der Waals surface area contributed by atoms with Crippen molar-refractivity contribution in [1.29, 1.82) is 0 Å². The van der Waals surface area contributed by atoms with Gasteiger partial charge in [-0.15, -0.1) is 0 Å². The molecule has 3 N–H and O–H groups in total. The third-order valence-electron chi connectivity index (χ3n) is 5.86. The lowest BCUT2D eigenvalue weighted by Gasteiger charge is -2.32. The molecule has 2 amide bonds. The molecule has 4 atom stereocenters. The highest BCUT2D eigenvalue weighted by Crippen LogP contribution is 2.55. The van der Waals surface area contributed by atoms with Crippen LogP contribution in [0.25, 0.3) is 0 Å². The molecule has 1 aromatic carbocycles. The number of methoxy groups -OCH3 is 1. The third kappa shape index (κ3) is 4.11. The van der Waals surface area contributed by atoms with Crippen molar-refractivity contribution < 1.29 is 50.3 Å². The Morgan fingerprint density at radius 3 is 2.59 bits per heavy atom.